The fourth-order valence-electron chi connectivity index (χ4n) is 3.59. The van der Waals surface area contributed by atoms with E-state index in [1.165, 1.54) is 23.1 Å². The van der Waals surface area contributed by atoms with E-state index in [0.29, 0.717) is 18.6 Å². The van der Waals surface area contributed by atoms with Crippen molar-refractivity contribution in [1.29, 1.82) is 0 Å². The van der Waals surface area contributed by atoms with Gasteiger partial charge in [-0.05, 0) is 38.5 Å². The van der Waals surface area contributed by atoms with Crippen molar-refractivity contribution in [3.8, 4) is 0 Å². The molecule has 0 aliphatic heterocycles. The van der Waals surface area contributed by atoms with Crippen LogP contribution in [0.1, 0.15) is 75.7 Å². The summed E-state index contributed by atoms with van der Waals surface area (Å²) in [4.78, 5) is 27.2. The molecule has 0 aromatic carbocycles. The lowest BCUT2D eigenvalue weighted by Crippen LogP contribution is -2.23. The highest BCUT2D eigenvalue weighted by Gasteiger charge is 2.32. The number of carboxylic acids is 1. The molecule has 5 nitrogen and oxygen atoms in total. The molecule has 2 N–H and O–H groups in total. The second kappa shape index (κ2) is 11.1. The summed E-state index contributed by atoms with van der Waals surface area (Å²) in [5.41, 5.74) is -0.594. The van der Waals surface area contributed by atoms with Crippen LogP contribution in [0.25, 0.3) is 0 Å². The van der Waals surface area contributed by atoms with Gasteiger partial charge in [-0.15, -0.1) is 11.3 Å². The molecule has 1 heterocycles. The molecular formula is C21H31NO4S2. The first-order chi connectivity index (χ1) is 13.3. The van der Waals surface area contributed by atoms with E-state index >= 15 is 0 Å². The largest absolute Gasteiger partial charge is 0.476 e. The lowest BCUT2D eigenvalue weighted by Gasteiger charge is -2.22. The lowest BCUT2D eigenvalue weighted by molar-refractivity contribution is -0.121. The predicted molar refractivity (Wildman–Crippen MR) is 114 cm³/mol. The van der Waals surface area contributed by atoms with Gasteiger partial charge in [-0.3, -0.25) is 4.79 Å². The third-order valence-corrected chi connectivity index (χ3v) is 7.33. The first-order valence-corrected chi connectivity index (χ1v) is 11.9. The summed E-state index contributed by atoms with van der Waals surface area (Å²) >= 11 is 2.85. The van der Waals surface area contributed by atoms with Gasteiger partial charge in [0.15, 0.2) is 10.0 Å². The SMILES string of the molecule is CCCCC[C@@](C)(O)C/C=C/[C@H]1CCC(=O)[C@@H]1CCSc1nc(C(=O)O)cs1. The number of aliphatic hydroxyl groups is 1. The minimum absolute atomic E-state index is 0.0210. The van der Waals surface area contributed by atoms with Crippen LogP contribution in [0.4, 0.5) is 0 Å². The van der Waals surface area contributed by atoms with E-state index in [0.717, 1.165) is 48.6 Å². The van der Waals surface area contributed by atoms with Crippen molar-refractivity contribution in [2.24, 2.45) is 11.8 Å². The number of thioether (sulfide) groups is 1. The van der Waals surface area contributed by atoms with Gasteiger partial charge in [0.05, 0.1) is 5.60 Å². The Morgan fingerprint density at radius 2 is 2.25 bits per heavy atom. The molecule has 0 radical (unpaired) electrons. The topological polar surface area (TPSA) is 87.5 Å². The number of Topliss-reactive ketones (excluding diaryl/α,β-unsaturated/α-hetero) is 1. The Hall–Kier alpha value is -1.18. The van der Waals surface area contributed by atoms with Crippen LogP contribution in [-0.2, 0) is 4.79 Å². The normalized spacial score (nSPS) is 22.0. The van der Waals surface area contributed by atoms with E-state index in [1.807, 2.05) is 6.92 Å². The molecule has 3 atom stereocenters. The molecule has 1 aromatic heterocycles. The highest BCUT2D eigenvalue weighted by molar-refractivity contribution is 8.01. The number of aromatic carboxylic acids is 1. The van der Waals surface area contributed by atoms with E-state index < -0.39 is 11.6 Å². The van der Waals surface area contributed by atoms with Gasteiger partial charge in [0.2, 0.25) is 0 Å². The van der Waals surface area contributed by atoms with Crippen molar-refractivity contribution in [2.45, 2.75) is 75.2 Å². The molecule has 0 amide bonds. The summed E-state index contributed by atoms with van der Waals surface area (Å²) in [6.45, 7) is 4.05. The number of hydrogen-bond acceptors (Lipinski definition) is 6. The van der Waals surface area contributed by atoms with Gasteiger partial charge < -0.3 is 10.2 Å². The number of rotatable bonds is 12. The zero-order chi connectivity index (χ0) is 20.6. The summed E-state index contributed by atoms with van der Waals surface area (Å²) in [5, 5.41) is 20.9. The predicted octanol–water partition coefficient (Wildman–Crippen LogP) is 5.20. The monoisotopic (exact) mass is 425 g/mol. The second-order valence-corrected chi connectivity index (χ2v) is 10.0. The molecule has 7 heteroatoms. The number of unbranched alkanes of at least 4 members (excludes halogenated alkanes) is 2. The van der Waals surface area contributed by atoms with Crippen LogP contribution in [0, 0.1) is 11.8 Å². The molecule has 156 valence electrons. The molecule has 28 heavy (non-hydrogen) atoms. The summed E-state index contributed by atoms with van der Waals surface area (Å²) in [6, 6.07) is 0. The maximum Gasteiger partial charge on any atom is 0.355 e. The Labute approximate surface area is 175 Å². The van der Waals surface area contributed by atoms with Crippen LogP contribution in [0.5, 0.6) is 0 Å². The first-order valence-electron chi connectivity index (χ1n) is 10.1. The van der Waals surface area contributed by atoms with Crippen LogP contribution in [-0.4, -0.2) is 38.3 Å². The molecule has 0 saturated heterocycles. The molecule has 1 saturated carbocycles. The van der Waals surface area contributed by atoms with Gasteiger partial charge in [0.1, 0.15) is 5.78 Å². The van der Waals surface area contributed by atoms with Gasteiger partial charge in [-0.1, -0.05) is 50.1 Å². The first kappa shape index (κ1) is 23.1. The number of thiazole rings is 1. The molecule has 1 aliphatic rings. The number of hydrogen-bond donors (Lipinski definition) is 2. The van der Waals surface area contributed by atoms with E-state index in [9.17, 15) is 14.7 Å². The van der Waals surface area contributed by atoms with Crippen molar-refractivity contribution in [3.05, 3.63) is 23.2 Å². The summed E-state index contributed by atoms with van der Waals surface area (Å²) < 4.78 is 0.734. The molecule has 0 spiro atoms. The second-order valence-electron chi connectivity index (χ2n) is 7.80. The molecule has 0 bridgehead atoms. The Morgan fingerprint density at radius 3 is 2.93 bits per heavy atom. The third kappa shape index (κ3) is 7.33. The zero-order valence-corrected chi connectivity index (χ0v) is 18.4. The number of carboxylic acid groups (broad SMARTS) is 1. The Kier molecular flexibility index (Phi) is 9.18. The van der Waals surface area contributed by atoms with Crippen molar-refractivity contribution in [1.82, 2.24) is 4.98 Å². The quantitative estimate of drug-likeness (QED) is 0.272. The minimum atomic E-state index is -1.01. The zero-order valence-electron chi connectivity index (χ0n) is 16.7. The van der Waals surface area contributed by atoms with E-state index in [1.54, 1.807) is 5.38 Å². The number of carbonyl (C=O) groups is 2. The maximum absolute atomic E-state index is 12.3. The minimum Gasteiger partial charge on any atom is -0.476 e. The van der Waals surface area contributed by atoms with E-state index in [-0.39, 0.29) is 17.5 Å². The molecule has 0 unspecified atom stereocenters. The van der Waals surface area contributed by atoms with Crippen molar-refractivity contribution >= 4 is 34.9 Å². The average molecular weight is 426 g/mol. The van der Waals surface area contributed by atoms with Crippen molar-refractivity contribution in [2.75, 3.05) is 5.75 Å². The fourth-order valence-corrected chi connectivity index (χ4v) is 5.48. The Morgan fingerprint density at radius 1 is 1.46 bits per heavy atom. The smallest absolute Gasteiger partial charge is 0.355 e. The third-order valence-electron chi connectivity index (χ3n) is 5.27. The molecule has 1 aromatic rings. The number of carbonyl (C=O) groups excluding carboxylic acids is 1. The Bertz CT molecular complexity index is 684. The molecule has 2 rings (SSSR count). The van der Waals surface area contributed by atoms with Gasteiger partial charge in [0, 0.05) is 23.5 Å². The number of allylic oxidation sites excluding steroid dienone is 1. The summed E-state index contributed by atoms with van der Waals surface area (Å²) in [5.74, 6) is 0.320. The number of aromatic nitrogens is 1. The van der Waals surface area contributed by atoms with Gasteiger partial charge in [-0.25, -0.2) is 9.78 Å². The van der Waals surface area contributed by atoms with Crippen LogP contribution in [0.2, 0.25) is 0 Å². The standard InChI is InChI=1S/C21H31NO4S2/c1-3-4-5-11-21(2,26)12-6-7-15-8-9-18(23)16(15)10-13-27-20-22-17(14-28-20)19(24)25/h6-7,14-16,26H,3-5,8-13H2,1-2H3,(H,24,25)/b7-6+/t15-,16+,21+/m0/s1. The van der Waals surface area contributed by atoms with Gasteiger partial charge in [0.25, 0.3) is 0 Å². The van der Waals surface area contributed by atoms with Gasteiger partial charge in [-0.2, -0.15) is 0 Å². The Balaban J connectivity index is 1.80. The highest BCUT2D eigenvalue weighted by Crippen LogP contribution is 2.35. The summed E-state index contributed by atoms with van der Waals surface area (Å²) in [6.07, 6.45) is 11.2. The van der Waals surface area contributed by atoms with Crippen molar-refractivity contribution < 1.29 is 19.8 Å². The lowest BCUT2D eigenvalue weighted by atomic mass is 9.90. The highest BCUT2D eigenvalue weighted by atomic mass is 32.2. The van der Waals surface area contributed by atoms with Crippen LogP contribution in [0.15, 0.2) is 21.9 Å². The fraction of sp³-hybridized carbons (Fsp3) is 0.667. The van der Waals surface area contributed by atoms with Crippen LogP contribution in [0.3, 0.4) is 0 Å². The molecule has 1 aliphatic carbocycles. The number of ketones is 1. The van der Waals surface area contributed by atoms with Crippen LogP contribution < -0.4 is 0 Å². The van der Waals surface area contributed by atoms with Gasteiger partial charge >= 0.3 is 5.97 Å². The number of nitrogens with zero attached hydrogens (tertiary/aromatic N) is 1. The summed E-state index contributed by atoms with van der Waals surface area (Å²) in [7, 11) is 0. The maximum atomic E-state index is 12.3. The van der Waals surface area contributed by atoms with Crippen LogP contribution >= 0.6 is 23.1 Å². The van der Waals surface area contributed by atoms with Crippen molar-refractivity contribution in [3.63, 3.8) is 0 Å². The molecular weight excluding hydrogens is 394 g/mol. The van der Waals surface area contributed by atoms with E-state index in [2.05, 4.69) is 24.1 Å². The average Bonchev–Trinajstić information content (AvgIpc) is 3.23. The molecule has 1 fully saturated rings. The van der Waals surface area contributed by atoms with E-state index in [4.69, 9.17) is 5.11 Å².